The summed E-state index contributed by atoms with van der Waals surface area (Å²) >= 11 is 5.53. The average molecular weight is 377 g/mol. The van der Waals surface area contributed by atoms with Crippen LogP contribution in [-0.2, 0) is 0 Å². The number of Topliss-reactive ketones (excluding diaryl/α,β-unsaturated/α-hetero) is 1. The second kappa shape index (κ2) is 6.29. The fraction of sp³-hybridized carbons (Fsp3) is 0.250. The summed E-state index contributed by atoms with van der Waals surface area (Å²) in [5, 5.41) is 0. The molecule has 0 bridgehead atoms. The molecule has 0 heterocycles. The Hall–Kier alpha value is -0.340. The lowest BCUT2D eigenvalue weighted by Gasteiger charge is -2.03. The van der Waals surface area contributed by atoms with Crippen LogP contribution < -0.4 is 0 Å². The van der Waals surface area contributed by atoms with Crippen molar-refractivity contribution in [2.45, 2.75) is 19.3 Å². The minimum absolute atomic E-state index is 0.163. The molecule has 0 saturated carbocycles. The minimum Gasteiger partial charge on any atom is -0.294 e. The molecule has 1 aromatic carbocycles. The van der Waals surface area contributed by atoms with Crippen molar-refractivity contribution < 1.29 is 4.79 Å². The van der Waals surface area contributed by atoms with Crippen LogP contribution in [0.4, 0.5) is 0 Å². The van der Waals surface area contributed by atoms with Gasteiger partial charge in [0.15, 0.2) is 5.78 Å². The third-order valence-corrected chi connectivity index (χ3v) is 3.39. The lowest BCUT2D eigenvalue weighted by atomic mass is 10.1. The monoisotopic (exact) mass is 376 g/mol. The first-order valence-corrected chi connectivity index (χ1v) is 6.44. The van der Waals surface area contributed by atoms with Crippen LogP contribution in [0, 0.1) is 15.9 Å². The van der Waals surface area contributed by atoms with Gasteiger partial charge in [-0.25, -0.2) is 0 Å². The number of hydrogen-bond acceptors (Lipinski definition) is 1. The Balaban J connectivity index is 2.73. The Kier molecular flexibility index (Phi) is 5.34. The van der Waals surface area contributed by atoms with Gasteiger partial charge < -0.3 is 0 Å². The van der Waals surface area contributed by atoms with Crippen molar-refractivity contribution in [1.82, 2.24) is 0 Å². The van der Waals surface area contributed by atoms with Crippen molar-refractivity contribution in [3.63, 3.8) is 0 Å². The van der Waals surface area contributed by atoms with Gasteiger partial charge in [-0.05, 0) is 47.2 Å². The van der Waals surface area contributed by atoms with E-state index < -0.39 is 0 Å². The van der Waals surface area contributed by atoms with Gasteiger partial charge >= 0.3 is 0 Å². The van der Waals surface area contributed by atoms with Crippen LogP contribution in [-0.4, -0.2) is 5.78 Å². The number of ketones is 1. The molecule has 15 heavy (non-hydrogen) atoms. The number of benzene rings is 1. The van der Waals surface area contributed by atoms with Crippen LogP contribution in [0.15, 0.2) is 22.7 Å². The maximum absolute atomic E-state index is 11.8. The van der Waals surface area contributed by atoms with Crippen molar-refractivity contribution in [3.05, 3.63) is 31.8 Å². The average Bonchev–Trinajstić information content (AvgIpc) is 2.22. The number of rotatable bonds is 4. The molecule has 0 aromatic heterocycles. The van der Waals surface area contributed by atoms with Crippen LogP contribution in [0.3, 0.4) is 0 Å². The Labute approximate surface area is 112 Å². The van der Waals surface area contributed by atoms with E-state index in [-0.39, 0.29) is 5.78 Å². The van der Waals surface area contributed by atoms with E-state index in [0.717, 1.165) is 20.0 Å². The molecule has 0 fully saturated rings. The Morgan fingerprint density at radius 1 is 1.53 bits per heavy atom. The van der Waals surface area contributed by atoms with Crippen molar-refractivity contribution in [2.75, 3.05) is 0 Å². The molecule has 1 aromatic rings. The number of terminal acetylenes is 1. The predicted octanol–water partition coefficient (Wildman–Crippen LogP) is 4.04. The van der Waals surface area contributed by atoms with E-state index in [9.17, 15) is 4.79 Å². The van der Waals surface area contributed by atoms with Gasteiger partial charge in [0.2, 0.25) is 0 Å². The SMILES string of the molecule is C#CCCCC(=O)c1cc(Br)ccc1I. The standard InChI is InChI=1S/C12H10BrIO/c1-2-3-4-5-12(15)10-8-9(13)6-7-11(10)14/h1,6-8H,3-5H2. The van der Waals surface area contributed by atoms with E-state index in [4.69, 9.17) is 6.42 Å². The molecule has 78 valence electrons. The maximum Gasteiger partial charge on any atom is 0.164 e. The van der Waals surface area contributed by atoms with Crippen molar-refractivity contribution in [1.29, 1.82) is 0 Å². The summed E-state index contributed by atoms with van der Waals surface area (Å²) in [6.07, 6.45) is 7.09. The largest absolute Gasteiger partial charge is 0.294 e. The van der Waals surface area contributed by atoms with E-state index >= 15 is 0 Å². The maximum atomic E-state index is 11.8. The second-order valence-corrected chi connectivity index (χ2v) is 5.18. The number of halogens is 2. The van der Waals surface area contributed by atoms with Crippen LogP contribution in [0.5, 0.6) is 0 Å². The van der Waals surface area contributed by atoms with Gasteiger partial charge in [0.25, 0.3) is 0 Å². The molecular formula is C12H10BrIO. The zero-order valence-electron chi connectivity index (χ0n) is 8.09. The molecular weight excluding hydrogens is 367 g/mol. The highest BCUT2D eigenvalue weighted by Gasteiger charge is 2.09. The molecule has 0 amide bonds. The summed E-state index contributed by atoms with van der Waals surface area (Å²) in [4.78, 5) is 11.8. The molecule has 0 radical (unpaired) electrons. The topological polar surface area (TPSA) is 17.1 Å². The third kappa shape index (κ3) is 3.96. The Morgan fingerprint density at radius 2 is 2.27 bits per heavy atom. The number of unbranched alkanes of at least 4 members (excludes halogenated alkanes) is 1. The fourth-order valence-electron chi connectivity index (χ4n) is 1.20. The molecule has 0 aliphatic rings. The van der Waals surface area contributed by atoms with Crippen LogP contribution in [0.25, 0.3) is 0 Å². The molecule has 0 aliphatic heterocycles. The zero-order chi connectivity index (χ0) is 11.3. The quantitative estimate of drug-likeness (QED) is 0.335. The first kappa shape index (κ1) is 12.7. The van der Waals surface area contributed by atoms with Crippen LogP contribution in [0.1, 0.15) is 29.6 Å². The fourth-order valence-corrected chi connectivity index (χ4v) is 2.19. The normalized spacial score (nSPS) is 9.67. The summed E-state index contributed by atoms with van der Waals surface area (Å²) in [7, 11) is 0. The van der Waals surface area contributed by atoms with Gasteiger partial charge in [0.1, 0.15) is 0 Å². The molecule has 0 saturated heterocycles. The molecule has 0 aliphatic carbocycles. The summed E-state index contributed by atoms with van der Waals surface area (Å²) in [5.74, 6) is 2.70. The minimum atomic E-state index is 0.163. The highest BCUT2D eigenvalue weighted by Crippen LogP contribution is 2.20. The summed E-state index contributed by atoms with van der Waals surface area (Å²) < 4.78 is 1.92. The molecule has 0 atom stereocenters. The lowest BCUT2D eigenvalue weighted by molar-refractivity contribution is 0.0979. The molecule has 0 unspecified atom stereocenters. The first-order valence-electron chi connectivity index (χ1n) is 4.57. The molecule has 1 rings (SSSR count). The Bertz CT molecular complexity index is 407. The van der Waals surface area contributed by atoms with Gasteiger partial charge in [-0.3, -0.25) is 4.79 Å². The van der Waals surface area contributed by atoms with E-state index in [2.05, 4.69) is 44.4 Å². The smallest absolute Gasteiger partial charge is 0.164 e. The van der Waals surface area contributed by atoms with E-state index in [1.54, 1.807) is 0 Å². The van der Waals surface area contributed by atoms with Gasteiger partial charge in [-0.15, -0.1) is 12.3 Å². The molecule has 0 N–H and O–H groups in total. The summed E-state index contributed by atoms with van der Waals surface area (Å²) in [5.41, 5.74) is 0.780. The summed E-state index contributed by atoms with van der Waals surface area (Å²) in [6.45, 7) is 0. The number of hydrogen-bond donors (Lipinski definition) is 0. The molecule has 1 nitrogen and oxygen atoms in total. The second-order valence-electron chi connectivity index (χ2n) is 3.11. The van der Waals surface area contributed by atoms with E-state index in [0.29, 0.717) is 12.8 Å². The van der Waals surface area contributed by atoms with Crippen molar-refractivity contribution >= 4 is 44.3 Å². The Morgan fingerprint density at radius 3 is 2.93 bits per heavy atom. The van der Waals surface area contributed by atoms with Crippen molar-refractivity contribution in [2.24, 2.45) is 0 Å². The van der Waals surface area contributed by atoms with Crippen LogP contribution in [0.2, 0.25) is 0 Å². The number of carbonyl (C=O) groups excluding carboxylic acids is 1. The van der Waals surface area contributed by atoms with Crippen molar-refractivity contribution in [3.8, 4) is 12.3 Å². The zero-order valence-corrected chi connectivity index (χ0v) is 11.8. The van der Waals surface area contributed by atoms with Crippen LogP contribution >= 0.6 is 38.5 Å². The molecule has 3 heteroatoms. The highest BCUT2D eigenvalue weighted by atomic mass is 127. The lowest BCUT2D eigenvalue weighted by Crippen LogP contribution is -2.01. The van der Waals surface area contributed by atoms with E-state index in [1.165, 1.54) is 0 Å². The van der Waals surface area contributed by atoms with Gasteiger partial charge in [-0.2, -0.15) is 0 Å². The number of carbonyl (C=O) groups is 1. The first-order chi connectivity index (χ1) is 7.15. The predicted molar refractivity (Wildman–Crippen MR) is 73.9 cm³/mol. The molecule has 0 spiro atoms. The van der Waals surface area contributed by atoms with Gasteiger partial charge in [0.05, 0.1) is 0 Å². The van der Waals surface area contributed by atoms with Gasteiger partial charge in [-0.1, -0.05) is 15.9 Å². The van der Waals surface area contributed by atoms with Gasteiger partial charge in [0, 0.05) is 26.4 Å². The third-order valence-electron chi connectivity index (χ3n) is 1.95. The summed E-state index contributed by atoms with van der Waals surface area (Å²) in [6, 6.07) is 5.72. The highest BCUT2D eigenvalue weighted by molar-refractivity contribution is 14.1. The van der Waals surface area contributed by atoms with E-state index in [1.807, 2.05) is 18.2 Å².